The van der Waals surface area contributed by atoms with Crippen LogP contribution < -0.4 is 5.32 Å². The Labute approximate surface area is 111 Å². The number of aliphatic carboxylic acids is 1. The fourth-order valence-electron chi connectivity index (χ4n) is 2.32. The molecule has 0 radical (unpaired) electrons. The third-order valence-electron chi connectivity index (χ3n) is 3.52. The molecule has 1 aliphatic heterocycles. The van der Waals surface area contributed by atoms with Crippen LogP contribution >= 0.6 is 0 Å². The number of hydrogen-bond acceptors (Lipinski definition) is 3. The summed E-state index contributed by atoms with van der Waals surface area (Å²) < 4.78 is 1.71. The van der Waals surface area contributed by atoms with E-state index in [4.69, 9.17) is 0 Å². The molecule has 0 bridgehead atoms. The van der Waals surface area contributed by atoms with Crippen LogP contribution in [0.1, 0.15) is 19.8 Å². The van der Waals surface area contributed by atoms with Crippen molar-refractivity contribution in [2.24, 2.45) is 0 Å². The van der Waals surface area contributed by atoms with Crippen molar-refractivity contribution in [3.8, 4) is 0 Å². The zero-order valence-corrected chi connectivity index (χ0v) is 10.9. The first-order chi connectivity index (χ1) is 9.04. The van der Waals surface area contributed by atoms with E-state index in [0.29, 0.717) is 26.1 Å². The molecule has 1 atom stereocenters. The first-order valence-corrected chi connectivity index (χ1v) is 6.30. The van der Waals surface area contributed by atoms with Gasteiger partial charge in [-0.15, -0.1) is 0 Å². The van der Waals surface area contributed by atoms with E-state index >= 15 is 0 Å². The van der Waals surface area contributed by atoms with Gasteiger partial charge in [-0.3, -0.25) is 4.68 Å². The zero-order valence-electron chi connectivity index (χ0n) is 10.9. The van der Waals surface area contributed by atoms with Gasteiger partial charge in [0, 0.05) is 25.5 Å². The molecule has 1 unspecified atom stereocenters. The molecule has 0 aromatic carbocycles. The van der Waals surface area contributed by atoms with Crippen molar-refractivity contribution in [2.75, 3.05) is 13.1 Å². The minimum absolute atomic E-state index is 0.324. The van der Waals surface area contributed by atoms with E-state index in [9.17, 15) is 14.7 Å². The van der Waals surface area contributed by atoms with Gasteiger partial charge in [-0.2, -0.15) is 5.10 Å². The fourth-order valence-corrected chi connectivity index (χ4v) is 2.32. The van der Waals surface area contributed by atoms with Crippen molar-refractivity contribution in [1.29, 1.82) is 0 Å². The summed E-state index contributed by atoms with van der Waals surface area (Å²) in [5.74, 6) is -0.952. The van der Waals surface area contributed by atoms with Crippen LogP contribution in [0.3, 0.4) is 0 Å². The van der Waals surface area contributed by atoms with E-state index in [1.165, 1.54) is 4.90 Å². The van der Waals surface area contributed by atoms with Gasteiger partial charge in [0.25, 0.3) is 0 Å². The quantitative estimate of drug-likeness (QED) is 0.832. The van der Waals surface area contributed by atoms with E-state index in [1.807, 2.05) is 12.3 Å². The van der Waals surface area contributed by atoms with E-state index in [1.54, 1.807) is 17.8 Å². The normalized spacial score (nSPS) is 22.5. The van der Waals surface area contributed by atoms with E-state index in [-0.39, 0.29) is 6.03 Å². The number of likely N-dealkylation sites (tertiary alicyclic amines) is 1. The Bertz CT molecular complexity index is 460. The zero-order chi connectivity index (χ0) is 13.9. The number of carbonyl (C=O) groups excluding carboxylic acids is 1. The molecule has 2 amide bonds. The number of carbonyl (C=O) groups is 2. The molecule has 2 heterocycles. The number of amides is 2. The van der Waals surface area contributed by atoms with Gasteiger partial charge in [0.05, 0.1) is 6.54 Å². The molecule has 7 nitrogen and oxygen atoms in total. The van der Waals surface area contributed by atoms with Crippen LogP contribution in [0.2, 0.25) is 0 Å². The molecule has 1 aromatic rings. The lowest BCUT2D eigenvalue weighted by atomic mass is 10.00. The molecule has 0 aliphatic carbocycles. The van der Waals surface area contributed by atoms with Gasteiger partial charge in [-0.25, -0.2) is 9.59 Å². The lowest BCUT2D eigenvalue weighted by Gasteiger charge is -2.31. The number of carboxylic acid groups (broad SMARTS) is 1. The molecular weight excluding hydrogens is 248 g/mol. The van der Waals surface area contributed by atoms with Crippen LogP contribution in [0, 0.1) is 0 Å². The van der Waals surface area contributed by atoms with Gasteiger partial charge < -0.3 is 15.3 Å². The SMILES string of the molecule is CC1(C(=O)O)CCCN1C(=O)NCCn1cccn1. The Hall–Kier alpha value is -2.05. The minimum Gasteiger partial charge on any atom is -0.480 e. The number of rotatable bonds is 4. The molecule has 1 aliphatic rings. The van der Waals surface area contributed by atoms with Crippen LogP contribution in [0.4, 0.5) is 4.79 Å². The number of aromatic nitrogens is 2. The highest BCUT2D eigenvalue weighted by atomic mass is 16.4. The predicted molar refractivity (Wildman–Crippen MR) is 67.6 cm³/mol. The first-order valence-electron chi connectivity index (χ1n) is 6.30. The molecule has 0 spiro atoms. The van der Waals surface area contributed by atoms with Crippen molar-refractivity contribution < 1.29 is 14.7 Å². The number of urea groups is 1. The number of carboxylic acids is 1. The van der Waals surface area contributed by atoms with Gasteiger partial charge in [0.2, 0.25) is 0 Å². The second-order valence-corrected chi connectivity index (χ2v) is 4.84. The smallest absolute Gasteiger partial charge is 0.329 e. The van der Waals surface area contributed by atoms with Crippen molar-refractivity contribution in [1.82, 2.24) is 20.0 Å². The average Bonchev–Trinajstić information content (AvgIpc) is 2.99. The van der Waals surface area contributed by atoms with Crippen LogP contribution in [-0.4, -0.2) is 50.4 Å². The largest absolute Gasteiger partial charge is 0.480 e. The standard InChI is InChI=1S/C12H18N4O3/c1-12(10(17)18)4-2-8-16(12)11(19)13-6-9-15-7-3-5-14-15/h3,5,7H,2,4,6,8-9H2,1H3,(H,13,19)(H,17,18). The van der Waals surface area contributed by atoms with E-state index in [0.717, 1.165) is 6.42 Å². The number of nitrogens with one attached hydrogen (secondary N) is 1. The highest BCUT2D eigenvalue weighted by Gasteiger charge is 2.45. The average molecular weight is 266 g/mol. The molecule has 1 aromatic heterocycles. The Kier molecular flexibility index (Phi) is 3.73. The van der Waals surface area contributed by atoms with Gasteiger partial charge in [0.15, 0.2) is 0 Å². The minimum atomic E-state index is -1.09. The summed E-state index contributed by atoms with van der Waals surface area (Å²) >= 11 is 0. The number of hydrogen-bond donors (Lipinski definition) is 2. The molecular formula is C12H18N4O3. The maximum Gasteiger partial charge on any atom is 0.329 e. The fraction of sp³-hybridized carbons (Fsp3) is 0.583. The summed E-state index contributed by atoms with van der Waals surface area (Å²) in [6.07, 6.45) is 4.69. The van der Waals surface area contributed by atoms with E-state index < -0.39 is 11.5 Å². The summed E-state index contributed by atoms with van der Waals surface area (Å²) in [6.45, 7) is 3.06. The Morgan fingerprint density at radius 1 is 1.53 bits per heavy atom. The maximum absolute atomic E-state index is 12.0. The lowest BCUT2D eigenvalue weighted by molar-refractivity contribution is -0.147. The summed E-state index contributed by atoms with van der Waals surface area (Å²) in [6, 6.07) is 1.48. The van der Waals surface area contributed by atoms with Crippen molar-refractivity contribution in [2.45, 2.75) is 31.8 Å². The van der Waals surface area contributed by atoms with Crippen LogP contribution in [-0.2, 0) is 11.3 Å². The van der Waals surface area contributed by atoms with Crippen LogP contribution in [0.25, 0.3) is 0 Å². The second-order valence-electron chi connectivity index (χ2n) is 4.84. The summed E-state index contributed by atoms with van der Waals surface area (Å²) in [7, 11) is 0. The van der Waals surface area contributed by atoms with E-state index in [2.05, 4.69) is 10.4 Å². The third kappa shape index (κ3) is 2.69. The van der Waals surface area contributed by atoms with Gasteiger partial charge in [-0.1, -0.05) is 0 Å². The summed E-state index contributed by atoms with van der Waals surface area (Å²) in [5, 5.41) is 16.0. The number of nitrogens with zero attached hydrogens (tertiary/aromatic N) is 3. The highest BCUT2D eigenvalue weighted by Crippen LogP contribution is 2.28. The van der Waals surface area contributed by atoms with Crippen LogP contribution in [0.5, 0.6) is 0 Å². The Morgan fingerprint density at radius 3 is 2.95 bits per heavy atom. The van der Waals surface area contributed by atoms with Crippen molar-refractivity contribution in [3.63, 3.8) is 0 Å². The van der Waals surface area contributed by atoms with Crippen molar-refractivity contribution >= 4 is 12.0 Å². The Balaban J connectivity index is 1.87. The van der Waals surface area contributed by atoms with Crippen molar-refractivity contribution in [3.05, 3.63) is 18.5 Å². The molecule has 0 saturated carbocycles. The van der Waals surface area contributed by atoms with Gasteiger partial charge in [-0.05, 0) is 25.8 Å². The highest BCUT2D eigenvalue weighted by molar-refractivity contribution is 5.86. The van der Waals surface area contributed by atoms with Gasteiger partial charge >= 0.3 is 12.0 Å². The molecule has 1 saturated heterocycles. The third-order valence-corrected chi connectivity index (χ3v) is 3.52. The Morgan fingerprint density at radius 2 is 2.32 bits per heavy atom. The summed E-state index contributed by atoms with van der Waals surface area (Å²) in [4.78, 5) is 24.7. The van der Waals surface area contributed by atoms with Crippen LogP contribution in [0.15, 0.2) is 18.5 Å². The topological polar surface area (TPSA) is 87.5 Å². The second kappa shape index (κ2) is 5.29. The lowest BCUT2D eigenvalue weighted by Crippen LogP contribution is -2.54. The molecule has 104 valence electrons. The molecule has 1 fully saturated rings. The molecule has 2 rings (SSSR count). The first kappa shape index (κ1) is 13.4. The monoisotopic (exact) mass is 266 g/mol. The molecule has 19 heavy (non-hydrogen) atoms. The summed E-state index contributed by atoms with van der Waals surface area (Å²) in [5.41, 5.74) is -1.09. The predicted octanol–water partition coefficient (Wildman–Crippen LogP) is 0.532. The molecule has 7 heteroatoms. The van der Waals surface area contributed by atoms with Gasteiger partial charge in [0.1, 0.15) is 5.54 Å². The maximum atomic E-state index is 12.0. The molecule has 2 N–H and O–H groups in total.